The van der Waals surface area contributed by atoms with Gasteiger partial charge in [0.2, 0.25) is 11.8 Å². The van der Waals surface area contributed by atoms with E-state index in [4.69, 9.17) is 9.47 Å². The highest BCUT2D eigenvalue weighted by Crippen LogP contribution is 2.33. The first-order chi connectivity index (χ1) is 11.6. The molecule has 0 N–H and O–H groups in total. The van der Waals surface area contributed by atoms with Crippen LogP contribution in [-0.2, 0) is 16.0 Å². The molecule has 1 fully saturated rings. The lowest BCUT2D eigenvalue weighted by atomic mass is 9.94. The van der Waals surface area contributed by atoms with E-state index in [1.54, 1.807) is 14.2 Å². The second-order valence-corrected chi connectivity index (χ2v) is 5.99. The van der Waals surface area contributed by atoms with Gasteiger partial charge in [-0.25, -0.2) is 0 Å². The molecule has 1 aromatic carbocycles. The Balaban J connectivity index is 1.79. The molecule has 0 aromatic heterocycles. The van der Waals surface area contributed by atoms with Crippen LogP contribution in [0.4, 0.5) is 0 Å². The van der Waals surface area contributed by atoms with Crippen LogP contribution in [0.15, 0.2) is 17.1 Å². The van der Waals surface area contributed by atoms with Crippen molar-refractivity contribution in [2.45, 2.75) is 32.1 Å². The normalized spacial score (nSPS) is 17.4. The number of ether oxygens (including phenoxy) is 2. The number of hydrogen-bond acceptors (Lipinski definition) is 5. The maximum absolute atomic E-state index is 11.9. The highest BCUT2D eigenvalue weighted by atomic mass is 16.5. The van der Waals surface area contributed by atoms with Gasteiger partial charge in [0.15, 0.2) is 11.5 Å². The van der Waals surface area contributed by atoms with Crippen LogP contribution in [-0.4, -0.2) is 49.7 Å². The first-order valence-electron chi connectivity index (χ1n) is 8.26. The number of benzene rings is 1. The van der Waals surface area contributed by atoms with E-state index in [0.717, 1.165) is 23.3 Å². The number of imide groups is 1. The molecule has 2 aliphatic heterocycles. The van der Waals surface area contributed by atoms with E-state index in [1.807, 2.05) is 12.1 Å². The van der Waals surface area contributed by atoms with Crippen LogP contribution in [0.25, 0.3) is 0 Å². The Bertz CT molecular complexity index is 681. The SMILES string of the molecule is COc1cc2c(cc1OC)C(CCN1C(=O)CCCC1=O)=NCC2. The number of aliphatic imine (C=N–C) groups is 1. The van der Waals surface area contributed by atoms with Gasteiger partial charge < -0.3 is 9.47 Å². The molecule has 2 aliphatic rings. The number of nitrogens with zero attached hydrogens (tertiary/aromatic N) is 2. The summed E-state index contributed by atoms with van der Waals surface area (Å²) in [5.74, 6) is 1.22. The molecule has 0 spiro atoms. The molecular formula is C18H22N2O4. The van der Waals surface area contributed by atoms with Crippen molar-refractivity contribution < 1.29 is 19.1 Å². The lowest BCUT2D eigenvalue weighted by Gasteiger charge is -2.26. The lowest BCUT2D eigenvalue weighted by Crippen LogP contribution is -2.41. The van der Waals surface area contributed by atoms with Crippen LogP contribution < -0.4 is 9.47 Å². The minimum atomic E-state index is -0.0739. The summed E-state index contributed by atoms with van der Waals surface area (Å²) in [5.41, 5.74) is 3.10. The molecule has 0 saturated carbocycles. The van der Waals surface area contributed by atoms with Gasteiger partial charge >= 0.3 is 0 Å². The third kappa shape index (κ3) is 3.13. The van der Waals surface area contributed by atoms with Gasteiger partial charge in [-0.1, -0.05) is 0 Å². The summed E-state index contributed by atoms with van der Waals surface area (Å²) in [4.78, 5) is 29.9. The van der Waals surface area contributed by atoms with Gasteiger partial charge in [-0.05, 0) is 30.5 Å². The molecule has 2 heterocycles. The van der Waals surface area contributed by atoms with Gasteiger partial charge in [0.1, 0.15) is 0 Å². The summed E-state index contributed by atoms with van der Waals surface area (Å²) in [6.07, 6.45) is 3.00. The smallest absolute Gasteiger partial charge is 0.229 e. The van der Waals surface area contributed by atoms with Crippen LogP contribution >= 0.6 is 0 Å². The van der Waals surface area contributed by atoms with Crippen LogP contribution in [0.5, 0.6) is 11.5 Å². The molecule has 2 amide bonds. The molecule has 0 bridgehead atoms. The average molecular weight is 330 g/mol. The van der Waals surface area contributed by atoms with Crippen LogP contribution in [0.1, 0.15) is 36.8 Å². The number of carbonyl (C=O) groups excluding carboxylic acids is 2. The third-order valence-corrected chi connectivity index (χ3v) is 4.56. The van der Waals surface area contributed by atoms with Gasteiger partial charge in [0.05, 0.1) is 14.2 Å². The fraction of sp³-hybridized carbons (Fsp3) is 0.500. The molecule has 1 saturated heterocycles. The number of rotatable bonds is 5. The molecule has 0 atom stereocenters. The van der Waals surface area contributed by atoms with Gasteiger partial charge in [-0.3, -0.25) is 19.5 Å². The highest BCUT2D eigenvalue weighted by Gasteiger charge is 2.26. The largest absolute Gasteiger partial charge is 0.493 e. The Labute approximate surface area is 141 Å². The minimum absolute atomic E-state index is 0.0739. The van der Waals surface area contributed by atoms with E-state index >= 15 is 0 Å². The fourth-order valence-corrected chi connectivity index (χ4v) is 3.27. The first kappa shape index (κ1) is 16.5. The van der Waals surface area contributed by atoms with Crippen LogP contribution in [0.2, 0.25) is 0 Å². The zero-order valence-corrected chi connectivity index (χ0v) is 14.1. The second kappa shape index (κ2) is 7.03. The zero-order valence-electron chi connectivity index (χ0n) is 14.1. The Kier molecular flexibility index (Phi) is 4.83. The van der Waals surface area contributed by atoms with Crippen molar-refractivity contribution >= 4 is 17.5 Å². The summed E-state index contributed by atoms with van der Waals surface area (Å²) in [5, 5.41) is 0. The molecule has 128 valence electrons. The standard InChI is InChI=1S/C18H22N2O4/c1-23-15-10-12-6-8-19-14(13(12)11-16(15)24-2)7-9-20-17(21)4-3-5-18(20)22/h10-11H,3-9H2,1-2H3. The van der Waals surface area contributed by atoms with Gasteiger partial charge in [0, 0.05) is 43.6 Å². The van der Waals surface area contributed by atoms with Crippen molar-refractivity contribution in [3.05, 3.63) is 23.3 Å². The molecule has 6 nitrogen and oxygen atoms in total. The predicted molar refractivity (Wildman–Crippen MR) is 89.8 cm³/mol. The summed E-state index contributed by atoms with van der Waals surface area (Å²) >= 11 is 0. The first-order valence-corrected chi connectivity index (χ1v) is 8.26. The minimum Gasteiger partial charge on any atom is -0.493 e. The number of likely N-dealkylation sites (tertiary alicyclic amines) is 1. The van der Waals surface area contributed by atoms with E-state index in [9.17, 15) is 9.59 Å². The number of carbonyl (C=O) groups is 2. The van der Waals surface area contributed by atoms with Crippen LogP contribution in [0, 0.1) is 0 Å². The number of methoxy groups -OCH3 is 2. The van der Waals surface area contributed by atoms with Crippen molar-refractivity contribution in [1.82, 2.24) is 4.90 Å². The average Bonchev–Trinajstić information content (AvgIpc) is 2.60. The molecule has 0 radical (unpaired) electrons. The van der Waals surface area contributed by atoms with Gasteiger partial charge in [-0.15, -0.1) is 0 Å². The maximum Gasteiger partial charge on any atom is 0.229 e. The molecular weight excluding hydrogens is 308 g/mol. The number of hydrogen-bond donors (Lipinski definition) is 0. The maximum atomic E-state index is 11.9. The van der Waals surface area contributed by atoms with Crippen molar-refractivity contribution in [3.63, 3.8) is 0 Å². The van der Waals surface area contributed by atoms with Crippen LogP contribution in [0.3, 0.4) is 0 Å². The molecule has 0 unspecified atom stereocenters. The summed E-state index contributed by atoms with van der Waals surface area (Å²) in [6, 6.07) is 3.92. The van der Waals surface area contributed by atoms with E-state index in [0.29, 0.717) is 50.3 Å². The second-order valence-electron chi connectivity index (χ2n) is 5.99. The highest BCUT2D eigenvalue weighted by molar-refractivity contribution is 6.04. The summed E-state index contributed by atoms with van der Waals surface area (Å²) < 4.78 is 10.7. The number of fused-ring (bicyclic) bond motifs is 1. The molecule has 0 aliphatic carbocycles. The number of piperidine rings is 1. The van der Waals surface area contributed by atoms with Crippen molar-refractivity contribution in [1.29, 1.82) is 0 Å². The molecule has 6 heteroatoms. The fourth-order valence-electron chi connectivity index (χ4n) is 3.27. The lowest BCUT2D eigenvalue weighted by molar-refractivity contribution is -0.147. The monoisotopic (exact) mass is 330 g/mol. The van der Waals surface area contributed by atoms with Gasteiger partial charge in [0.25, 0.3) is 0 Å². The van der Waals surface area contributed by atoms with E-state index in [-0.39, 0.29) is 11.8 Å². The Morgan fingerprint density at radius 2 is 1.71 bits per heavy atom. The quantitative estimate of drug-likeness (QED) is 0.774. The number of amides is 2. The van der Waals surface area contributed by atoms with Gasteiger partial charge in [-0.2, -0.15) is 0 Å². The Morgan fingerprint density at radius 3 is 2.38 bits per heavy atom. The Hall–Kier alpha value is -2.37. The summed E-state index contributed by atoms with van der Waals surface area (Å²) in [7, 11) is 3.23. The van der Waals surface area contributed by atoms with E-state index < -0.39 is 0 Å². The summed E-state index contributed by atoms with van der Waals surface area (Å²) in [6.45, 7) is 1.10. The predicted octanol–water partition coefficient (Wildman–Crippen LogP) is 1.98. The molecule has 3 rings (SSSR count). The Morgan fingerprint density at radius 1 is 1.04 bits per heavy atom. The molecule has 24 heavy (non-hydrogen) atoms. The van der Waals surface area contributed by atoms with E-state index in [2.05, 4.69) is 4.99 Å². The zero-order chi connectivity index (χ0) is 17.1. The third-order valence-electron chi connectivity index (χ3n) is 4.56. The van der Waals surface area contributed by atoms with E-state index in [1.165, 1.54) is 4.90 Å². The topological polar surface area (TPSA) is 68.2 Å². The van der Waals surface area contributed by atoms with Crippen molar-refractivity contribution in [2.24, 2.45) is 4.99 Å². The molecule has 1 aromatic rings. The van der Waals surface area contributed by atoms with Crippen molar-refractivity contribution in [3.8, 4) is 11.5 Å². The van der Waals surface area contributed by atoms with Crippen molar-refractivity contribution in [2.75, 3.05) is 27.3 Å².